The van der Waals surface area contributed by atoms with Gasteiger partial charge in [0.2, 0.25) is 5.91 Å². The lowest BCUT2D eigenvalue weighted by molar-refractivity contribution is -0.118. The van der Waals surface area contributed by atoms with Crippen molar-refractivity contribution in [2.45, 2.75) is 33.1 Å². The van der Waals surface area contributed by atoms with Crippen molar-refractivity contribution in [3.63, 3.8) is 0 Å². The largest absolute Gasteiger partial charge is 0.495 e. The molecule has 100 valence electrons. The summed E-state index contributed by atoms with van der Waals surface area (Å²) in [5.74, 6) is 0.780. The predicted octanol–water partition coefficient (Wildman–Crippen LogP) is 2.82. The van der Waals surface area contributed by atoms with E-state index in [0.717, 1.165) is 18.5 Å². The Bertz CT molecular complexity index is 405. The van der Waals surface area contributed by atoms with Gasteiger partial charge < -0.3 is 15.4 Å². The molecule has 0 saturated heterocycles. The summed E-state index contributed by atoms with van der Waals surface area (Å²) in [6.07, 6.45) is 2.33. The van der Waals surface area contributed by atoms with Crippen LogP contribution in [0.1, 0.15) is 33.1 Å². The minimum atomic E-state index is 0.143. The predicted molar refractivity (Wildman–Crippen MR) is 75.0 cm³/mol. The minimum absolute atomic E-state index is 0.143. The number of amides is 1. The lowest BCUT2D eigenvalue weighted by atomic mass is 10.2. The van der Waals surface area contributed by atoms with Crippen LogP contribution in [0.3, 0.4) is 0 Å². The Morgan fingerprint density at radius 2 is 2.06 bits per heavy atom. The number of hydrogen-bond acceptors (Lipinski definition) is 3. The fourth-order valence-electron chi connectivity index (χ4n) is 1.86. The number of nitrogen functional groups attached to an aromatic ring is 1. The van der Waals surface area contributed by atoms with Crippen molar-refractivity contribution in [3.8, 4) is 5.75 Å². The smallest absolute Gasteiger partial charge is 0.226 e. The second kappa shape index (κ2) is 6.89. The Hall–Kier alpha value is -1.71. The van der Waals surface area contributed by atoms with E-state index in [9.17, 15) is 4.79 Å². The number of nitrogens with zero attached hydrogens (tertiary/aromatic N) is 1. The van der Waals surface area contributed by atoms with Crippen LogP contribution in [-0.4, -0.2) is 19.6 Å². The van der Waals surface area contributed by atoms with Gasteiger partial charge >= 0.3 is 0 Å². The fourth-order valence-corrected chi connectivity index (χ4v) is 1.86. The highest BCUT2D eigenvalue weighted by Crippen LogP contribution is 2.27. The van der Waals surface area contributed by atoms with Crippen LogP contribution in [-0.2, 0) is 4.79 Å². The molecule has 1 aromatic rings. The number of nitrogens with two attached hydrogens (primary N) is 1. The molecule has 0 aliphatic rings. The summed E-state index contributed by atoms with van der Waals surface area (Å²) in [7, 11) is 1.58. The molecular weight excluding hydrogens is 228 g/mol. The Balaban J connectivity index is 2.98. The monoisotopic (exact) mass is 250 g/mol. The number of carbonyl (C=O) groups excluding carboxylic acids is 1. The highest BCUT2D eigenvalue weighted by molar-refractivity contribution is 5.94. The first-order valence-electron chi connectivity index (χ1n) is 6.37. The molecule has 0 atom stereocenters. The molecule has 0 aliphatic heterocycles. The molecular formula is C14H22N2O2. The van der Waals surface area contributed by atoms with Gasteiger partial charge in [0.15, 0.2) is 0 Å². The topological polar surface area (TPSA) is 55.6 Å². The number of ether oxygens (including phenoxy) is 1. The molecule has 1 aromatic carbocycles. The number of methoxy groups -OCH3 is 1. The van der Waals surface area contributed by atoms with Gasteiger partial charge in [-0.3, -0.25) is 4.79 Å². The zero-order valence-electron chi connectivity index (χ0n) is 11.4. The van der Waals surface area contributed by atoms with E-state index in [2.05, 4.69) is 6.92 Å². The molecule has 18 heavy (non-hydrogen) atoms. The SMILES string of the molecule is CCCC(=O)N(CCC)c1ccc(OC)c(N)c1. The van der Waals surface area contributed by atoms with E-state index in [4.69, 9.17) is 10.5 Å². The Morgan fingerprint density at radius 3 is 2.56 bits per heavy atom. The molecule has 4 heteroatoms. The van der Waals surface area contributed by atoms with Crippen molar-refractivity contribution in [2.24, 2.45) is 0 Å². The summed E-state index contributed by atoms with van der Waals surface area (Å²) in [6.45, 7) is 4.77. The highest BCUT2D eigenvalue weighted by Gasteiger charge is 2.15. The van der Waals surface area contributed by atoms with E-state index < -0.39 is 0 Å². The van der Waals surface area contributed by atoms with Crippen LogP contribution in [0.25, 0.3) is 0 Å². The maximum absolute atomic E-state index is 12.1. The fraction of sp³-hybridized carbons (Fsp3) is 0.500. The van der Waals surface area contributed by atoms with E-state index >= 15 is 0 Å². The van der Waals surface area contributed by atoms with Crippen molar-refractivity contribution >= 4 is 17.3 Å². The summed E-state index contributed by atoms with van der Waals surface area (Å²) in [5, 5.41) is 0. The number of hydrogen-bond donors (Lipinski definition) is 1. The van der Waals surface area contributed by atoms with Crippen LogP contribution in [0.5, 0.6) is 5.75 Å². The maximum atomic E-state index is 12.1. The zero-order valence-corrected chi connectivity index (χ0v) is 11.4. The average Bonchev–Trinajstić information content (AvgIpc) is 2.36. The van der Waals surface area contributed by atoms with Crippen molar-refractivity contribution in [3.05, 3.63) is 18.2 Å². The van der Waals surface area contributed by atoms with Gasteiger partial charge in [-0.05, 0) is 31.0 Å². The second-order valence-corrected chi connectivity index (χ2v) is 4.22. The van der Waals surface area contributed by atoms with E-state index in [1.54, 1.807) is 24.1 Å². The van der Waals surface area contributed by atoms with Crippen LogP contribution in [0.15, 0.2) is 18.2 Å². The quantitative estimate of drug-likeness (QED) is 0.790. The third-order valence-corrected chi connectivity index (χ3v) is 2.74. The van der Waals surface area contributed by atoms with Gasteiger partial charge in [0.25, 0.3) is 0 Å². The standard InChI is InChI=1S/C14H22N2O2/c1-4-6-14(17)16(9-5-2)11-7-8-13(18-3)12(15)10-11/h7-8,10H,4-6,9,15H2,1-3H3. The van der Waals surface area contributed by atoms with Crippen LogP contribution in [0.4, 0.5) is 11.4 Å². The van der Waals surface area contributed by atoms with Crippen LogP contribution < -0.4 is 15.4 Å². The number of rotatable bonds is 6. The van der Waals surface area contributed by atoms with Crippen LogP contribution in [0.2, 0.25) is 0 Å². The first-order valence-corrected chi connectivity index (χ1v) is 6.37. The average molecular weight is 250 g/mol. The van der Waals surface area contributed by atoms with Crippen molar-refractivity contribution in [2.75, 3.05) is 24.3 Å². The molecule has 0 heterocycles. The van der Waals surface area contributed by atoms with Gasteiger partial charge in [0.1, 0.15) is 5.75 Å². The zero-order chi connectivity index (χ0) is 13.5. The molecule has 0 saturated carbocycles. The van der Waals surface area contributed by atoms with Gasteiger partial charge in [0, 0.05) is 18.7 Å². The van der Waals surface area contributed by atoms with E-state index in [1.807, 2.05) is 13.0 Å². The summed E-state index contributed by atoms with van der Waals surface area (Å²) in [6, 6.07) is 5.47. The maximum Gasteiger partial charge on any atom is 0.226 e. The highest BCUT2D eigenvalue weighted by atomic mass is 16.5. The first kappa shape index (κ1) is 14.4. The Morgan fingerprint density at radius 1 is 1.33 bits per heavy atom. The number of benzene rings is 1. The molecule has 0 fully saturated rings. The summed E-state index contributed by atoms with van der Waals surface area (Å²) >= 11 is 0. The summed E-state index contributed by atoms with van der Waals surface area (Å²) in [5.41, 5.74) is 7.27. The Labute approximate surface area is 109 Å². The van der Waals surface area contributed by atoms with Crippen molar-refractivity contribution < 1.29 is 9.53 Å². The molecule has 0 radical (unpaired) electrons. The van der Waals surface area contributed by atoms with Crippen molar-refractivity contribution in [1.82, 2.24) is 0 Å². The molecule has 0 aliphatic carbocycles. The Kier molecular flexibility index (Phi) is 5.49. The van der Waals surface area contributed by atoms with E-state index in [-0.39, 0.29) is 5.91 Å². The number of anilines is 2. The molecule has 2 N–H and O–H groups in total. The molecule has 4 nitrogen and oxygen atoms in total. The second-order valence-electron chi connectivity index (χ2n) is 4.22. The molecule has 0 spiro atoms. The lowest BCUT2D eigenvalue weighted by Crippen LogP contribution is -2.31. The van der Waals surface area contributed by atoms with Gasteiger partial charge in [-0.2, -0.15) is 0 Å². The third kappa shape index (κ3) is 3.39. The minimum Gasteiger partial charge on any atom is -0.495 e. The molecule has 0 unspecified atom stereocenters. The van der Waals surface area contributed by atoms with Crippen LogP contribution in [0, 0.1) is 0 Å². The van der Waals surface area contributed by atoms with Gasteiger partial charge in [-0.1, -0.05) is 13.8 Å². The number of carbonyl (C=O) groups is 1. The third-order valence-electron chi connectivity index (χ3n) is 2.74. The van der Waals surface area contributed by atoms with Gasteiger partial charge in [-0.25, -0.2) is 0 Å². The molecule has 0 aromatic heterocycles. The normalized spacial score (nSPS) is 10.2. The van der Waals surface area contributed by atoms with Gasteiger partial charge in [-0.15, -0.1) is 0 Å². The van der Waals surface area contributed by atoms with Gasteiger partial charge in [0.05, 0.1) is 12.8 Å². The molecule has 1 amide bonds. The molecule has 0 bridgehead atoms. The lowest BCUT2D eigenvalue weighted by Gasteiger charge is -2.23. The van der Waals surface area contributed by atoms with Crippen LogP contribution >= 0.6 is 0 Å². The van der Waals surface area contributed by atoms with Crippen molar-refractivity contribution in [1.29, 1.82) is 0 Å². The van der Waals surface area contributed by atoms with E-state index in [0.29, 0.717) is 24.4 Å². The molecule has 1 rings (SSSR count). The van der Waals surface area contributed by atoms with E-state index in [1.165, 1.54) is 0 Å². The first-order chi connectivity index (χ1) is 8.63. The summed E-state index contributed by atoms with van der Waals surface area (Å²) in [4.78, 5) is 13.8. The summed E-state index contributed by atoms with van der Waals surface area (Å²) < 4.78 is 5.12.